The first-order chi connectivity index (χ1) is 4.74. The van der Waals surface area contributed by atoms with E-state index in [0.29, 0.717) is 6.04 Å². The van der Waals surface area contributed by atoms with Gasteiger partial charge in [-0.1, -0.05) is 22.6 Å². The molecule has 2 nitrogen and oxygen atoms in total. The van der Waals surface area contributed by atoms with Gasteiger partial charge in [0.15, 0.2) is 0 Å². The van der Waals surface area contributed by atoms with Crippen LogP contribution in [0.1, 0.15) is 25.5 Å². The summed E-state index contributed by atoms with van der Waals surface area (Å²) in [5.41, 5.74) is 1.30. The summed E-state index contributed by atoms with van der Waals surface area (Å²) in [6, 6.07) is 0.483. The van der Waals surface area contributed by atoms with Crippen LogP contribution in [0.25, 0.3) is 0 Å². The maximum absolute atomic E-state index is 4.20. The van der Waals surface area contributed by atoms with Crippen LogP contribution in [0, 0.1) is 0 Å². The largest absolute Gasteiger partial charge is 0.270 e. The molecule has 0 aliphatic rings. The van der Waals surface area contributed by atoms with Gasteiger partial charge in [-0.15, -0.1) is 0 Å². The van der Waals surface area contributed by atoms with Crippen LogP contribution in [-0.4, -0.2) is 9.78 Å². The van der Waals surface area contributed by atoms with Gasteiger partial charge in [-0.2, -0.15) is 5.10 Å². The molecule has 56 valence electrons. The van der Waals surface area contributed by atoms with Gasteiger partial charge < -0.3 is 0 Å². The fraction of sp³-hybridized carbons (Fsp3) is 0.571. The fourth-order valence-corrected chi connectivity index (χ4v) is 1.12. The first-order valence-corrected chi connectivity index (χ1v) is 4.85. The molecule has 0 saturated carbocycles. The van der Waals surface area contributed by atoms with Crippen LogP contribution in [0.4, 0.5) is 0 Å². The number of alkyl halides is 1. The second kappa shape index (κ2) is 3.37. The average Bonchev–Trinajstić information content (AvgIpc) is 2.34. The van der Waals surface area contributed by atoms with Crippen molar-refractivity contribution >= 4 is 22.6 Å². The van der Waals surface area contributed by atoms with Crippen LogP contribution >= 0.6 is 22.6 Å². The molecule has 0 N–H and O–H groups in total. The van der Waals surface area contributed by atoms with E-state index in [1.54, 1.807) is 0 Å². The Kier molecular flexibility index (Phi) is 2.71. The number of aromatic nitrogens is 2. The molecule has 1 aromatic heterocycles. The minimum absolute atomic E-state index is 0.483. The lowest BCUT2D eigenvalue weighted by atomic mass is 10.4. The van der Waals surface area contributed by atoms with Gasteiger partial charge in [0.2, 0.25) is 0 Å². The van der Waals surface area contributed by atoms with E-state index in [1.807, 2.05) is 10.9 Å². The molecule has 0 aliphatic carbocycles. The van der Waals surface area contributed by atoms with E-state index in [2.05, 4.69) is 47.7 Å². The summed E-state index contributed by atoms with van der Waals surface area (Å²) >= 11 is 2.34. The van der Waals surface area contributed by atoms with Gasteiger partial charge >= 0.3 is 0 Å². The SMILES string of the molecule is CC(C)n1cc(CI)cn1. The average molecular weight is 250 g/mol. The van der Waals surface area contributed by atoms with Crippen LogP contribution in [0.5, 0.6) is 0 Å². The summed E-state index contributed by atoms with van der Waals surface area (Å²) in [6.07, 6.45) is 4.02. The maximum Gasteiger partial charge on any atom is 0.0529 e. The smallest absolute Gasteiger partial charge is 0.0529 e. The maximum atomic E-state index is 4.20. The molecule has 10 heavy (non-hydrogen) atoms. The predicted molar refractivity (Wildman–Crippen MR) is 50.3 cm³/mol. The highest BCUT2D eigenvalue weighted by molar-refractivity contribution is 14.1. The highest BCUT2D eigenvalue weighted by Gasteiger charge is 1.98. The molecule has 0 bridgehead atoms. The third-order valence-electron chi connectivity index (χ3n) is 1.34. The minimum atomic E-state index is 0.483. The monoisotopic (exact) mass is 250 g/mol. The van der Waals surface area contributed by atoms with E-state index in [0.717, 1.165) is 4.43 Å². The van der Waals surface area contributed by atoms with Crippen molar-refractivity contribution in [3.63, 3.8) is 0 Å². The Labute approximate surface area is 74.8 Å². The number of halogens is 1. The Balaban J connectivity index is 2.78. The molecule has 0 amide bonds. The van der Waals surface area contributed by atoms with Crippen LogP contribution in [0.3, 0.4) is 0 Å². The molecule has 0 saturated heterocycles. The van der Waals surface area contributed by atoms with Crippen molar-refractivity contribution in [3.8, 4) is 0 Å². The van der Waals surface area contributed by atoms with Crippen molar-refractivity contribution in [3.05, 3.63) is 18.0 Å². The Morgan fingerprint density at radius 3 is 2.70 bits per heavy atom. The lowest BCUT2D eigenvalue weighted by Crippen LogP contribution is -1.99. The molecule has 0 unspecified atom stereocenters. The lowest BCUT2D eigenvalue weighted by Gasteiger charge is -2.02. The van der Waals surface area contributed by atoms with Crippen molar-refractivity contribution in [2.45, 2.75) is 24.3 Å². The van der Waals surface area contributed by atoms with Gasteiger partial charge in [-0.3, -0.25) is 4.68 Å². The van der Waals surface area contributed by atoms with E-state index in [1.165, 1.54) is 5.56 Å². The van der Waals surface area contributed by atoms with Gasteiger partial charge in [0.25, 0.3) is 0 Å². The molecule has 0 fully saturated rings. The number of hydrogen-bond donors (Lipinski definition) is 0. The van der Waals surface area contributed by atoms with Gasteiger partial charge in [-0.25, -0.2) is 0 Å². The van der Waals surface area contributed by atoms with Gasteiger partial charge in [0.05, 0.1) is 6.20 Å². The molecular formula is C7H11IN2. The summed E-state index contributed by atoms with van der Waals surface area (Å²) in [5.74, 6) is 0. The van der Waals surface area contributed by atoms with Gasteiger partial charge in [-0.05, 0) is 19.4 Å². The van der Waals surface area contributed by atoms with E-state index < -0.39 is 0 Å². The molecule has 0 aliphatic heterocycles. The van der Waals surface area contributed by atoms with Crippen molar-refractivity contribution < 1.29 is 0 Å². The minimum Gasteiger partial charge on any atom is -0.270 e. The number of rotatable bonds is 2. The van der Waals surface area contributed by atoms with Gasteiger partial charge in [0.1, 0.15) is 0 Å². The second-order valence-corrected chi connectivity index (χ2v) is 3.32. The molecule has 0 spiro atoms. The summed E-state index contributed by atoms with van der Waals surface area (Å²) in [7, 11) is 0. The van der Waals surface area contributed by atoms with E-state index in [4.69, 9.17) is 0 Å². The predicted octanol–water partition coefficient (Wildman–Crippen LogP) is 2.40. The van der Waals surface area contributed by atoms with Crippen LogP contribution in [0.15, 0.2) is 12.4 Å². The zero-order valence-corrected chi connectivity index (χ0v) is 8.37. The van der Waals surface area contributed by atoms with Crippen molar-refractivity contribution in [2.24, 2.45) is 0 Å². The first kappa shape index (κ1) is 8.04. The molecular weight excluding hydrogens is 239 g/mol. The fourth-order valence-electron chi connectivity index (χ4n) is 0.729. The molecule has 1 rings (SSSR count). The summed E-state index contributed by atoms with van der Waals surface area (Å²) in [6.45, 7) is 4.26. The Bertz CT molecular complexity index is 205. The zero-order chi connectivity index (χ0) is 7.56. The van der Waals surface area contributed by atoms with E-state index in [9.17, 15) is 0 Å². The van der Waals surface area contributed by atoms with E-state index in [-0.39, 0.29) is 0 Å². The lowest BCUT2D eigenvalue weighted by molar-refractivity contribution is 0.532. The van der Waals surface area contributed by atoms with E-state index >= 15 is 0 Å². The molecule has 0 atom stereocenters. The summed E-state index contributed by atoms with van der Waals surface area (Å²) in [4.78, 5) is 0. The second-order valence-electron chi connectivity index (χ2n) is 2.56. The van der Waals surface area contributed by atoms with Crippen LogP contribution in [0.2, 0.25) is 0 Å². The third kappa shape index (κ3) is 1.71. The highest BCUT2D eigenvalue weighted by atomic mass is 127. The molecule has 1 heterocycles. The number of nitrogens with zero attached hydrogens (tertiary/aromatic N) is 2. The molecule has 0 radical (unpaired) electrons. The quantitative estimate of drug-likeness (QED) is 0.582. The van der Waals surface area contributed by atoms with Crippen molar-refractivity contribution in [1.29, 1.82) is 0 Å². The standard InChI is InChI=1S/C7H11IN2/c1-6(2)10-5-7(3-8)4-9-10/h4-6H,3H2,1-2H3. The Morgan fingerprint density at radius 1 is 1.70 bits per heavy atom. The van der Waals surface area contributed by atoms with Crippen molar-refractivity contribution in [2.75, 3.05) is 0 Å². The topological polar surface area (TPSA) is 17.8 Å². The Hall–Kier alpha value is -0.0600. The normalized spacial score (nSPS) is 10.8. The number of hydrogen-bond acceptors (Lipinski definition) is 1. The Morgan fingerprint density at radius 2 is 2.40 bits per heavy atom. The first-order valence-electron chi connectivity index (χ1n) is 3.33. The van der Waals surface area contributed by atoms with Crippen LogP contribution in [-0.2, 0) is 4.43 Å². The third-order valence-corrected chi connectivity index (χ3v) is 2.22. The molecule has 0 aromatic carbocycles. The van der Waals surface area contributed by atoms with Crippen LogP contribution < -0.4 is 0 Å². The molecule has 3 heteroatoms. The summed E-state index contributed by atoms with van der Waals surface area (Å²) in [5, 5.41) is 4.20. The zero-order valence-electron chi connectivity index (χ0n) is 6.21. The highest BCUT2D eigenvalue weighted by Crippen LogP contribution is 2.07. The molecule has 1 aromatic rings. The summed E-state index contributed by atoms with van der Waals surface area (Å²) < 4.78 is 3.03. The van der Waals surface area contributed by atoms with Gasteiger partial charge in [0, 0.05) is 16.7 Å². The van der Waals surface area contributed by atoms with Crippen molar-refractivity contribution in [1.82, 2.24) is 9.78 Å².